The third kappa shape index (κ3) is 5.27. The van der Waals surface area contributed by atoms with E-state index in [1.807, 2.05) is 12.1 Å². The summed E-state index contributed by atoms with van der Waals surface area (Å²) in [6.07, 6.45) is 3.75. The number of hydrogen-bond donors (Lipinski definition) is 0. The molecule has 19 heavy (non-hydrogen) atoms. The predicted molar refractivity (Wildman–Crippen MR) is 65.4 cm³/mol. The molecule has 2 rings (SSSR count). The molecular formula is C11H10N2O5S. The fraction of sp³-hybridized carbons (Fsp3) is 0.273. The molecule has 1 aromatic carbocycles. The number of benzene rings is 1. The Morgan fingerprint density at radius 3 is 2.32 bits per heavy atom. The van der Waals surface area contributed by atoms with Gasteiger partial charge in [-0.05, 0) is 24.5 Å². The number of nitrogens with zero attached hydrogens (tertiary/aromatic N) is 2. The number of hydrogen-bond acceptors (Lipinski definition) is 5. The maximum absolute atomic E-state index is 9.97. The van der Waals surface area contributed by atoms with Gasteiger partial charge in [-0.25, -0.2) is 9.59 Å². The maximum Gasteiger partial charge on any atom is 0.383 e. The van der Waals surface area contributed by atoms with Crippen LogP contribution in [0.3, 0.4) is 0 Å². The Hall–Kier alpha value is -2.27. The Balaban J connectivity index is 0.000000192. The molecule has 1 aromatic rings. The largest absolute Gasteiger partial charge is 0.493 e. The van der Waals surface area contributed by atoms with Crippen molar-refractivity contribution >= 4 is 22.4 Å². The molecule has 0 radical (unpaired) electrons. The van der Waals surface area contributed by atoms with Crippen LogP contribution in [0.4, 0.5) is 0 Å². The first-order valence-electron chi connectivity index (χ1n) is 5.23. The number of rotatable bonds is 2. The number of fused-ring (bicyclic) bond motifs is 1. The normalized spacial score (nSPS) is 12.4. The summed E-state index contributed by atoms with van der Waals surface area (Å²) in [7, 11) is -4.28. The minimum absolute atomic E-state index is 0.707. The average molecular weight is 282 g/mol. The van der Waals surface area contributed by atoms with Crippen LogP contribution in [0.1, 0.15) is 12.0 Å². The van der Waals surface area contributed by atoms with Crippen LogP contribution in [0, 0.1) is 0 Å². The van der Waals surface area contributed by atoms with E-state index in [1.54, 1.807) is 0 Å². The van der Waals surface area contributed by atoms with Crippen LogP contribution >= 0.6 is 0 Å². The molecule has 7 nitrogen and oxygen atoms in total. The summed E-state index contributed by atoms with van der Waals surface area (Å²) in [6.45, 7) is 0.886. The fourth-order valence-corrected chi connectivity index (χ4v) is 1.64. The van der Waals surface area contributed by atoms with E-state index in [9.17, 15) is 18.0 Å². The van der Waals surface area contributed by atoms with Gasteiger partial charge >= 0.3 is 10.2 Å². The fourth-order valence-electron chi connectivity index (χ4n) is 1.41. The number of carbonyl (C=O) groups excluding carboxylic acids is 2. The highest BCUT2D eigenvalue weighted by atomic mass is 32.2. The molecule has 0 saturated heterocycles. The highest BCUT2D eigenvalue weighted by Gasteiger charge is 2.06. The van der Waals surface area contributed by atoms with Crippen LogP contribution < -0.4 is 4.74 Å². The second kappa shape index (κ2) is 7.23. The van der Waals surface area contributed by atoms with Gasteiger partial charge in [0.15, 0.2) is 0 Å². The van der Waals surface area contributed by atoms with Gasteiger partial charge in [-0.15, -0.1) is 0 Å². The summed E-state index contributed by atoms with van der Waals surface area (Å²) in [6, 6.07) is 8.25. The molecule has 0 aliphatic carbocycles. The van der Waals surface area contributed by atoms with E-state index in [1.165, 1.54) is 12.0 Å². The van der Waals surface area contributed by atoms with Crippen LogP contribution in [-0.2, 0) is 26.2 Å². The molecule has 8 heteroatoms. The van der Waals surface area contributed by atoms with Crippen LogP contribution in [0.5, 0.6) is 5.75 Å². The van der Waals surface area contributed by atoms with E-state index in [4.69, 9.17) is 4.74 Å². The third-order valence-electron chi connectivity index (χ3n) is 2.13. The monoisotopic (exact) mass is 282 g/mol. The summed E-state index contributed by atoms with van der Waals surface area (Å²) in [5.41, 5.74) is 1.36. The third-order valence-corrected chi connectivity index (χ3v) is 2.74. The van der Waals surface area contributed by atoms with Gasteiger partial charge in [0.05, 0.1) is 6.61 Å². The Labute approximate surface area is 109 Å². The summed E-state index contributed by atoms with van der Waals surface area (Å²) in [4.78, 5) is 18.5. The molecule has 0 amide bonds. The molecule has 1 aliphatic heterocycles. The van der Waals surface area contributed by atoms with Gasteiger partial charge in [0.2, 0.25) is 0 Å². The quantitative estimate of drug-likeness (QED) is 0.592. The summed E-state index contributed by atoms with van der Waals surface area (Å²) in [5.74, 6) is 1.08. The molecule has 0 fully saturated rings. The molecule has 1 heterocycles. The van der Waals surface area contributed by atoms with Crippen LogP contribution in [0.2, 0.25) is 0 Å². The first kappa shape index (κ1) is 14.8. The summed E-state index contributed by atoms with van der Waals surface area (Å²) in [5, 5.41) is 0. The molecule has 100 valence electrons. The molecule has 0 N–H and O–H groups in total. The molecule has 0 atom stereocenters. The summed E-state index contributed by atoms with van der Waals surface area (Å²) < 4.78 is 29.7. The van der Waals surface area contributed by atoms with E-state index < -0.39 is 10.2 Å². The second-order valence-electron chi connectivity index (χ2n) is 3.37. The number of para-hydroxylation sites is 1. The van der Waals surface area contributed by atoms with E-state index in [0.717, 1.165) is 18.8 Å². The predicted octanol–water partition coefficient (Wildman–Crippen LogP) is 0.914. The summed E-state index contributed by atoms with van der Waals surface area (Å²) >= 11 is 0. The van der Waals surface area contributed by atoms with Crippen molar-refractivity contribution in [1.82, 2.24) is 0 Å². The SMILES string of the molecule is O=C=NS(=O)(=O)N=C=O.c1ccc2c(c1)CCCO2. The van der Waals surface area contributed by atoms with E-state index in [-0.39, 0.29) is 0 Å². The molecule has 0 saturated carbocycles. The molecular weight excluding hydrogens is 272 g/mol. The second-order valence-corrected chi connectivity index (χ2v) is 4.63. The lowest BCUT2D eigenvalue weighted by Crippen LogP contribution is -2.07. The van der Waals surface area contributed by atoms with Crippen LogP contribution in [-0.4, -0.2) is 27.2 Å². The average Bonchev–Trinajstić information content (AvgIpc) is 2.39. The highest BCUT2D eigenvalue weighted by molar-refractivity contribution is 7.89. The Morgan fingerprint density at radius 1 is 1.11 bits per heavy atom. The van der Waals surface area contributed by atoms with Crippen molar-refractivity contribution in [2.45, 2.75) is 12.8 Å². The van der Waals surface area contributed by atoms with Gasteiger partial charge in [0.1, 0.15) is 5.75 Å². The number of ether oxygens (including phenoxy) is 1. The molecule has 0 bridgehead atoms. The smallest absolute Gasteiger partial charge is 0.383 e. The zero-order valence-corrected chi connectivity index (χ0v) is 10.6. The van der Waals surface area contributed by atoms with Crippen LogP contribution in [0.15, 0.2) is 33.1 Å². The highest BCUT2D eigenvalue weighted by Crippen LogP contribution is 2.23. The van der Waals surface area contributed by atoms with Crippen molar-refractivity contribution in [3.05, 3.63) is 29.8 Å². The minimum Gasteiger partial charge on any atom is -0.493 e. The topological polar surface area (TPSA) is 102 Å². The van der Waals surface area contributed by atoms with Gasteiger partial charge in [-0.2, -0.15) is 8.42 Å². The Bertz CT molecular complexity index is 579. The van der Waals surface area contributed by atoms with E-state index >= 15 is 0 Å². The Morgan fingerprint density at radius 2 is 1.74 bits per heavy atom. The van der Waals surface area contributed by atoms with E-state index in [2.05, 4.69) is 20.9 Å². The van der Waals surface area contributed by atoms with Crippen molar-refractivity contribution in [2.75, 3.05) is 6.61 Å². The molecule has 0 unspecified atom stereocenters. The van der Waals surface area contributed by atoms with Crippen molar-refractivity contribution in [3.63, 3.8) is 0 Å². The van der Waals surface area contributed by atoms with Gasteiger partial charge in [-0.1, -0.05) is 27.0 Å². The number of aryl methyl sites for hydroxylation is 1. The maximum atomic E-state index is 9.97. The molecule has 1 aliphatic rings. The van der Waals surface area contributed by atoms with Crippen molar-refractivity contribution < 1.29 is 22.7 Å². The lowest BCUT2D eigenvalue weighted by molar-refractivity contribution is 0.288. The van der Waals surface area contributed by atoms with Gasteiger partial charge in [0.25, 0.3) is 12.2 Å². The zero-order chi connectivity index (χ0) is 14.1. The van der Waals surface area contributed by atoms with E-state index in [0.29, 0.717) is 12.2 Å². The lowest BCUT2D eigenvalue weighted by Gasteiger charge is -2.15. The van der Waals surface area contributed by atoms with Gasteiger partial charge in [-0.3, -0.25) is 0 Å². The Kier molecular flexibility index (Phi) is 5.63. The first-order chi connectivity index (χ1) is 9.09. The van der Waals surface area contributed by atoms with Gasteiger partial charge in [0, 0.05) is 0 Å². The van der Waals surface area contributed by atoms with Crippen molar-refractivity contribution in [1.29, 1.82) is 0 Å². The van der Waals surface area contributed by atoms with Gasteiger partial charge < -0.3 is 4.74 Å². The van der Waals surface area contributed by atoms with Crippen molar-refractivity contribution in [3.8, 4) is 5.75 Å². The van der Waals surface area contributed by atoms with Crippen LogP contribution in [0.25, 0.3) is 0 Å². The first-order valence-corrected chi connectivity index (χ1v) is 6.62. The lowest BCUT2D eigenvalue weighted by atomic mass is 10.1. The van der Waals surface area contributed by atoms with Crippen molar-refractivity contribution in [2.24, 2.45) is 8.80 Å². The standard InChI is InChI=1S/C9H10O.C2N2O4S/c1-2-6-9-8(4-1)5-3-7-10-9;5-1-3-9(7,8)4-2-6/h1-2,4,6H,3,5,7H2;. The number of isocyanates is 2. The zero-order valence-electron chi connectivity index (χ0n) is 9.77. The molecule has 0 aromatic heterocycles. The minimum atomic E-state index is -4.28. The molecule has 0 spiro atoms.